The van der Waals surface area contributed by atoms with Crippen LogP contribution in [-0.4, -0.2) is 34.7 Å². The molecule has 1 saturated heterocycles. The van der Waals surface area contributed by atoms with Crippen LogP contribution in [0.3, 0.4) is 0 Å². The summed E-state index contributed by atoms with van der Waals surface area (Å²) in [7, 11) is 1.87. The van der Waals surface area contributed by atoms with Crippen LogP contribution in [0.15, 0.2) is 24.3 Å². The number of nitrogen functional groups attached to an aromatic ring is 1. The summed E-state index contributed by atoms with van der Waals surface area (Å²) < 4.78 is 7.49. The van der Waals surface area contributed by atoms with E-state index >= 15 is 0 Å². The van der Waals surface area contributed by atoms with E-state index in [2.05, 4.69) is 10.00 Å². The number of nitrogens with one attached hydrogen (secondary N) is 1. The van der Waals surface area contributed by atoms with Gasteiger partial charge in [-0.15, -0.1) is 0 Å². The lowest BCUT2D eigenvalue weighted by Crippen LogP contribution is -2.18. The van der Waals surface area contributed by atoms with Gasteiger partial charge in [-0.2, -0.15) is 5.10 Å². The first-order chi connectivity index (χ1) is 11.5. The molecule has 0 amide bonds. The molecule has 1 aromatic heterocycles. The molecular weight excluding hydrogens is 302 g/mol. The van der Waals surface area contributed by atoms with Crippen molar-refractivity contribution in [1.82, 2.24) is 9.78 Å². The molecule has 1 aromatic carbocycles. The van der Waals surface area contributed by atoms with E-state index in [0.29, 0.717) is 17.0 Å². The van der Waals surface area contributed by atoms with Gasteiger partial charge in [-0.3, -0.25) is 10.1 Å². The van der Waals surface area contributed by atoms with Crippen molar-refractivity contribution in [3.8, 4) is 5.75 Å². The summed E-state index contributed by atoms with van der Waals surface area (Å²) in [5.74, 6) is 1.66. The lowest BCUT2D eigenvalue weighted by atomic mass is 10.0. The van der Waals surface area contributed by atoms with Gasteiger partial charge in [-0.05, 0) is 44.9 Å². The van der Waals surface area contributed by atoms with Gasteiger partial charge in [0.2, 0.25) is 0 Å². The summed E-state index contributed by atoms with van der Waals surface area (Å²) in [5, 5.41) is 13.2. The van der Waals surface area contributed by atoms with E-state index in [0.717, 1.165) is 30.4 Å². The summed E-state index contributed by atoms with van der Waals surface area (Å²) in [6, 6.07) is 7.44. The Labute approximate surface area is 142 Å². The van der Waals surface area contributed by atoms with Gasteiger partial charge >= 0.3 is 0 Å². The number of benzene rings is 1. The zero-order valence-corrected chi connectivity index (χ0v) is 14.5. The topological polar surface area (TPSA) is 80.2 Å². The van der Waals surface area contributed by atoms with Crippen molar-refractivity contribution in [2.24, 2.45) is 7.05 Å². The first-order valence-corrected chi connectivity index (χ1v) is 8.40. The van der Waals surface area contributed by atoms with Crippen LogP contribution in [-0.2, 0) is 7.05 Å². The fourth-order valence-electron chi connectivity index (χ4n) is 3.02. The Morgan fingerprint density at radius 1 is 1.25 bits per heavy atom. The second-order valence-electron chi connectivity index (χ2n) is 6.50. The second kappa shape index (κ2) is 6.55. The molecule has 0 radical (unpaired) electrons. The molecular formula is C18H25N5O. The van der Waals surface area contributed by atoms with Crippen LogP contribution in [0.4, 0.5) is 11.5 Å². The first kappa shape index (κ1) is 16.4. The molecule has 3 rings (SSSR count). The van der Waals surface area contributed by atoms with Gasteiger partial charge in [0.15, 0.2) is 5.82 Å². The molecule has 6 heteroatoms. The summed E-state index contributed by atoms with van der Waals surface area (Å²) in [6.45, 7) is 6.02. The van der Waals surface area contributed by atoms with Crippen LogP contribution in [0.1, 0.15) is 37.9 Å². The third kappa shape index (κ3) is 3.22. The number of hydrogen-bond donors (Lipinski definition) is 2. The highest BCUT2D eigenvalue weighted by Gasteiger charge is 2.20. The number of ether oxygens (including phenoxy) is 1. The van der Waals surface area contributed by atoms with Gasteiger partial charge in [-0.1, -0.05) is 0 Å². The van der Waals surface area contributed by atoms with Crippen LogP contribution in [0.2, 0.25) is 0 Å². The normalized spacial score (nSPS) is 14.4. The van der Waals surface area contributed by atoms with Gasteiger partial charge in [-0.25, -0.2) is 0 Å². The van der Waals surface area contributed by atoms with Crippen molar-refractivity contribution in [2.75, 3.05) is 23.7 Å². The highest BCUT2D eigenvalue weighted by Crippen LogP contribution is 2.26. The summed E-state index contributed by atoms with van der Waals surface area (Å²) in [4.78, 5) is 2.26. The highest BCUT2D eigenvalue weighted by atomic mass is 16.5. The van der Waals surface area contributed by atoms with Gasteiger partial charge in [0.1, 0.15) is 5.75 Å². The third-order valence-corrected chi connectivity index (χ3v) is 4.22. The Bertz CT molecular complexity index is 744. The molecule has 6 nitrogen and oxygen atoms in total. The minimum atomic E-state index is 0.0779. The quantitative estimate of drug-likeness (QED) is 0.654. The molecule has 3 N–H and O–H groups in total. The van der Waals surface area contributed by atoms with Crippen LogP contribution >= 0.6 is 0 Å². The van der Waals surface area contributed by atoms with Gasteiger partial charge < -0.3 is 15.4 Å². The average Bonchev–Trinajstić information content (AvgIpc) is 3.17. The Morgan fingerprint density at radius 2 is 1.96 bits per heavy atom. The number of aromatic nitrogens is 2. The number of hydrogen-bond acceptors (Lipinski definition) is 5. The molecule has 128 valence electrons. The van der Waals surface area contributed by atoms with E-state index in [1.54, 1.807) is 10.7 Å². The molecule has 24 heavy (non-hydrogen) atoms. The Hall–Kier alpha value is -2.50. The lowest BCUT2D eigenvalue weighted by Gasteiger charge is -2.13. The van der Waals surface area contributed by atoms with Crippen LogP contribution < -0.4 is 15.4 Å². The van der Waals surface area contributed by atoms with Crippen molar-refractivity contribution in [3.05, 3.63) is 35.5 Å². The van der Waals surface area contributed by atoms with Gasteiger partial charge in [0.25, 0.3) is 0 Å². The van der Waals surface area contributed by atoms with Crippen molar-refractivity contribution in [3.63, 3.8) is 0 Å². The Balaban J connectivity index is 1.91. The predicted octanol–water partition coefficient (Wildman–Crippen LogP) is 2.81. The highest BCUT2D eigenvalue weighted by molar-refractivity contribution is 6.13. The minimum Gasteiger partial charge on any atom is -0.491 e. The Kier molecular flexibility index (Phi) is 4.46. The second-order valence-corrected chi connectivity index (χ2v) is 6.50. The van der Waals surface area contributed by atoms with Crippen molar-refractivity contribution in [2.45, 2.75) is 32.8 Å². The van der Waals surface area contributed by atoms with Crippen LogP contribution in [0.25, 0.3) is 0 Å². The number of nitrogens with zero attached hydrogens (tertiary/aromatic N) is 3. The number of rotatable bonds is 5. The molecule has 1 aliphatic heterocycles. The maximum Gasteiger partial charge on any atom is 0.151 e. The first-order valence-electron chi connectivity index (χ1n) is 8.40. The minimum absolute atomic E-state index is 0.0779. The molecule has 1 fully saturated rings. The SMILES string of the molecule is CC(C)Oc1ccc(N)c(C(=N)c2cc(N3CCCC3)nn2C)c1. The van der Waals surface area contributed by atoms with Crippen molar-refractivity contribution < 1.29 is 4.74 Å². The fraction of sp³-hybridized carbons (Fsp3) is 0.444. The molecule has 0 unspecified atom stereocenters. The molecule has 2 heterocycles. The molecule has 0 atom stereocenters. The summed E-state index contributed by atoms with van der Waals surface area (Å²) in [6.07, 6.45) is 2.48. The van der Waals surface area contributed by atoms with Crippen molar-refractivity contribution in [1.29, 1.82) is 5.41 Å². The number of nitrogens with two attached hydrogens (primary N) is 1. The third-order valence-electron chi connectivity index (χ3n) is 4.22. The number of anilines is 2. The van der Waals surface area contributed by atoms with E-state index in [-0.39, 0.29) is 6.10 Å². The van der Waals surface area contributed by atoms with E-state index < -0.39 is 0 Å². The van der Waals surface area contributed by atoms with E-state index in [1.165, 1.54) is 12.8 Å². The summed E-state index contributed by atoms with van der Waals surface area (Å²) in [5.41, 5.74) is 8.46. The van der Waals surface area contributed by atoms with Gasteiger partial charge in [0.05, 0.1) is 17.5 Å². The lowest BCUT2D eigenvalue weighted by molar-refractivity contribution is 0.242. The van der Waals surface area contributed by atoms with Crippen LogP contribution in [0.5, 0.6) is 5.75 Å². The zero-order valence-electron chi connectivity index (χ0n) is 14.5. The standard InChI is InChI=1S/C18H25N5O/c1-12(2)24-13-6-7-15(19)14(10-13)18(20)16-11-17(21-22(16)3)23-8-4-5-9-23/h6-7,10-12,20H,4-5,8-9,19H2,1-3H3. The predicted molar refractivity (Wildman–Crippen MR) is 97.2 cm³/mol. The number of aryl methyl sites for hydroxylation is 1. The molecule has 2 aromatic rings. The zero-order chi connectivity index (χ0) is 17.3. The molecule has 0 spiro atoms. The molecule has 0 aliphatic carbocycles. The molecule has 1 aliphatic rings. The largest absolute Gasteiger partial charge is 0.491 e. The molecule has 0 bridgehead atoms. The fourth-order valence-corrected chi connectivity index (χ4v) is 3.02. The average molecular weight is 327 g/mol. The van der Waals surface area contributed by atoms with Crippen LogP contribution in [0, 0.1) is 5.41 Å². The maximum atomic E-state index is 8.60. The van der Waals surface area contributed by atoms with Crippen molar-refractivity contribution >= 4 is 17.2 Å². The maximum absolute atomic E-state index is 8.60. The summed E-state index contributed by atoms with van der Waals surface area (Å²) >= 11 is 0. The monoisotopic (exact) mass is 327 g/mol. The van der Waals surface area contributed by atoms with E-state index in [4.69, 9.17) is 15.9 Å². The van der Waals surface area contributed by atoms with Gasteiger partial charge in [0, 0.05) is 37.5 Å². The van der Waals surface area contributed by atoms with E-state index in [1.807, 2.05) is 39.1 Å². The smallest absolute Gasteiger partial charge is 0.151 e. The molecule has 0 saturated carbocycles. The Morgan fingerprint density at radius 3 is 2.62 bits per heavy atom. The van der Waals surface area contributed by atoms with E-state index in [9.17, 15) is 0 Å².